The van der Waals surface area contributed by atoms with Gasteiger partial charge in [-0.1, -0.05) is 12.1 Å². The van der Waals surface area contributed by atoms with Gasteiger partial charge in [-0.05, 0) is 57.0 Å². The number of hydrogen-bond acceptors (Lipinski definition) is 4. The Morgan fingerprint density at radius 2 is 1.80 bits per heavy atom. The van der Waals surface area contributed by atoms with Crippen LogP contribution in [0.1, 0.15) is 52.4 Å². The molecule has 0 bridgehead atoms. The number of rotatable bonds is 3. The highest BCUT2D eigenvalue weighted by atomic mass is 16.7. The lowest BCUT2D eigenvalue weighted by Crippen LogP contribution is -2.43. The van der Waals surface area contributed by atoms with Gasteiger partial charge in [0.15, 0.2) is 11.5 Å². The quantitative estimate of drug-likeness (QED) is 0.675. The Bertz CT molecular complexity index is 1180. The van der Waals surface area contributed by atoms with Crippen LogP contribution in [-0.2, 0) is 0 Å². The van der Waals surface area contributed by atoms with Crippen LogP contribution in [0.3, 0.4) is 0 Å². The monoisotopic (exact) mass is 401 g/mol. The van der Waals surface area contributed by atoms with Gasteiger partial charge < -0.3 is 19.4 Å². The average Bonchev–Trinajstić information content (AvgIpc) is 3.38. The van der Waals surface area contributed by atoms with Crippen molar-refractivity contribution in [2.75, 3.05) is 17.0 Å². The molecule has 2 aliphatic heterocycles. The molecule has 30 heavy (non-hydrogen) atoms. The molecule has 6 heteroatoms. The molecule has 1 fully saturated rings. The summed E-state index contributed by atoms with van der Waals surface area (Å²) in [7, 11) is 0. The molecular weight excluding hydrogens is 378 g/mol. The summed E-state index contributed by atoms with van der Waals surface area (Å²) in [6, 6.07) is 16.2. The molecule has 0 saturated heterocycles. The number of nitrogens with one attached hydrogen (secondary N) is 1. The minimum absolute atomic E-state index is 0.0237. The second-order valence-electron chi connectivity index (χ2n) is 8.23. The fourth-order valence-electron chi connectivity index (χ4n) is 4.75. The minimum Gasteiger partial charge on any atom is -0.454 e. The Hall–Kier alpha value is -3.41. The first-order valence-electron chi connectivity index (χ1n) is 10.4. The Morgan fingerprint density at radius 3 is 2.63 bits per heavy atom. The van der Waals surface area contributed by atoms with Gasteiger partial charge in [-0.2, -0.15) is 0 Å². The van der Waals surface area contributed by atoms with Crippen molar-refractivity contribution in [3.05, 3.63) is 71.0 Å². The van der Waals surface area contributed by atoms with E-state index in [1.165, 1.54) is 24.2 Å². The molecule has 3 aliphatic rings. The lowest BCUT2D eigenvalue weighted by Gasteiger charge is -2.38. The third-order valence-electron chi connectivity index (χ3n) is 6.29. The molecule has 1 aliphatic carbocycles. The van der Waals surface area contributed by atoms with Gasteiger partial charge >= 0.3 is 0 Å². The number of carbonyl (C=O) groups excluding carboxylic acids is 1. The maximum Gasteiger partial charge on any atom is 0.262 e. The van der Waals surface area contributed by atoms with Gasteiger partial charge in [0.2, 0.25) is 6.79 Å². The molecule has 6 rings (SSSR count). The smallest absolute Gasteiger partial charge is 0.262 e. The van der Waals surface area contributed by atoms with Crippen LogP contribution in [0.4, 0.5) is 11.4 Å². The van der Waals surface area contributed by atoms with Crippen LogP contribution in [0.15, 0.2) is 48.5 Å². The summed E-state index contributed by atoms with van der Waals surface area (Å²) < 4.78 is 13.5. The number of amides is 1. The van der Waals surface area contributed by atoms with Gasteiger partial charge in [-0.3, -0.25) is 9.69 Å². The molecule has 2 aromatic carbocycles. The normalized spacial score (nSPS) is 19.6. The van der Waals surface area contributed by atoms with E-state index in [0.717, 1.165) is 16.9 Å². The molecule has 1 saturated carbocycles. The zero-order valence-electron chi connectivity index (χ0n) is 17.0. The number of anilines is 2. The molecule has 0 radical (unpaired) electrons. The first kappa shape index (κ1) is 17.4. The van der Waals surface area contributed by atoms with Crippen molar-refractivity contribution in [1.82, 2.24) is 4.57 Å². The molecule has 1 amide bonds. The molecule has 0 spiro atoms. The average molecular weight is 401 g/mol. The number of fused-ring (bicyclic) bond motifs is 2. The third-order valence-corrected chi connectivity index (χ3v) is 6.29. The predicted octanol–water partition coefficient (Wildman–Crippen LogP) is 4.94. The number of benzene rings is 2. The predicted molar refractivity (Wildman–Crippen MR) is 114 cm³/mol. The van der Waals surface area contributed by atoms with Crippen LogP contribution in [0.5, 0.6) is 11.5 Å². The molecule has 1 atom stereocenters. The fraction of sp³-hybridized carbons (Fsp3) is 0.292. The zero-order chi connectivity index (χ0) is 20.4. The van der Waals surface area contributed by atoms with Crippen LogP contribution >= 0.6 is 0 Å². The van der Waals surface area contributed by atoms with E-state index < -0.39 is 0 Å². The van der Waals surface area contributed by atoms with Crippen molar-refractivity contribution >= 4 is 17.3 Å². The SMILES string of the molecule is Cc1cc([C@H]2Nc3ccccc3C(=O)N2c2ccc3c(c2)OCO3)c(C)n1C1CC1. The highest BCUT2D eigenvalue weighted by Crippen LogP contribution is 2.44. The van der Waals surface area contributed by atoms with Gasteiger partial charge in [0.1, 0.15) is 6.17 Å². The number of carbonyl (C=O) groups is 1. The van der Waals surface area contributed by atoms with Crippen LogP contribution in [0.2, 0.25) is 0 Å². The summed E-state index contributed by atoms with van der Waals surface area (Å²) in [5.74, 6) is 1.35. The van der Waals surface area contributed by atoms with E-state index in [9.17, 15) is 4.79 Å². The van der Waals surface area contributed by atoms with E-state index in [1.807, 2.05) is 47.4 Å². The number of aryl methyl sites for hydroxylation is 1. The second-order valence-corrected chi connectivity index (χ2v) is 8.23. The van der Waals surface area contributed by atoms with Gasteiger partial charge in [0.05, 0.1) is 11.3 Å². The highest BCUT2D eigenvalue weighted by Gasteiger charge is 2.37. The summed E-state index contributed by atoms with van der Waals surface area (Å²) in [5.41, 5.74) is 5.89. The minimum atomic E-state index is -0.300. The summed E-state index contributed by atoms with van der Waals surface area (Å²) in [6.07, 6.45) is 2.15. The van der Waals surface area contributed by atoms with Crippen LogP contribution in [0.25, 0.3) is 0 Å². The van der Waals surface area contributed by atoms with Gasteiger partial charge in [0.25, 0.3) is 5.91 Å². The lowest BCUT2D eigenvalue weighted by molar-refractivity contribution is 0.0975. The maximum atomic E-state index is 13.7. The van der Waals surface area contributed by atoms with E-state index in [0.29, 0.717) is 23.1 Å². The van der Waals surface area contributed by atoms with E-state index in [4.69, 9.17) is 9.47 Å². The largest absolute Gasteiger partial charge is 0.454 e. The first-order valence-corrected chi connectivity index (χ1v) is 10.4. The standard InChI is InChI=1S/C24H23N3O3/c1-14-11-19(15(2)26(14)16-7-8-16)23-25-20-6-4-3-5-18(20)24(28)27(23)17-9-10-21-22(12-17)30-13-29-21/h3-6,9-12,16,23,25H,7-8,13H2,1-2H3/t23-/m0/s1. The molecule has 152 valence electrons. The highest BCUT2D eigenvalue weighted by molar-refractivity contribution is 6.12. The van der Waals surface area contributed by atoms with Gasteiger partial charge in [-0.15, -0.1) is 0 Å². The number of hydrogen-bond donors (Lipinski definition) is 1. The van der Waals surface area contributed by atoms with Gasteiger partial charge in [-0.25, -0.2) is 0 Å². The fourth-order valence-corrected chi connectivity index (χ4v) is 4.75. The first-order chi connectivity index (χ1) is 14.6. The molecule has 0 unspecified atom stereocenters. The number of ether oxygens (including phenoxy) is 2. The van der Waals surface area contributed by atoms with Crippen LogP contribution in [-0.4, -0.2) is 17.3 Å². The summed E-state index contributed by atoms with van der Waals surface area (Å²) in [4.78, 5) is 15.5. The van der Waals surface area contributed by atoms with E-state index >= 15 is 0 Å². The molecule has 6 nitrogen and oxygen atoms in total. The van der Waals surface area contributed by atoms with Crippen molar-refractivity contribution in [3.8, 4) is 11.5 Å². The van der Waals surface area contributed by atoms with E-state index in [1.54, 1.807) is 0 Å². The number of nitrogens with zero attached hydrogens (tertiary/aromatic N) is 2. The molecule has 1 aromatic heterocycles. The van der Waals surface area contributed by atoms with Gasteiger partial charge in [0, 0.05) is 34.7 Å². The van der Waals surface area contributed by atoms with Crippen LogP contribution in [0, 0.1) is 13.8 Å². The van der Waals surface area contributed by atoms with Crippen molar-refractivity contribution < 1.29 is 14.3 Å². The second kappa shape index (κ2) is 6.29. The Morgan fingerprint density at radius 1 is 1.00 bits per heavy atom. The third kappa shape index (κ3) is 2.53. The van der Waals surface area contributed by atoms with Crippen molar-refractivity contribution in [2.45, 2.75) is 38.9 Å². The number of para-hydroxylation sites is 1. The van der Waals surface area contributed by atoms with Crippen molar-refractivity contribution in [2.24, 2.45) is 0 Å². The summed E-state index contributed by atoms with van der Waals surface area (Å²) >= 11 is 0. The number of aromatic nitrogens is 1. The Balaban J connectivity index is 1.51. The zero-order valence-corrected chi connectivity index (χ0v) is 17.0. The molecule has 3 aromatic rings. The Kier molecular flexibility index (Phi) is 3.66. The molecule has 3 heterocycles. The van der Waals surface area contributed by atoms with Crippen molar-refractivity contribution in [3.63, 3.8) is 0 Å². The molecular formula is C24H23N3O3. The van der Waals surface area contributed by atoms with Crippen molar-refractivity contribution in [1.29, 1.82) is 0 Å². The lowest BCUT2D eigenvalue weighted by atomic mass is 10.0. The van der Waals surface area contributed by atoms with E-state index in [2.05, 4.69) is 29.8 Å². The summed E-state index contributed by atoms with van der Waals surface area (Å²) in [6.45, 7) is 4.52. The van der Waals surface area contributed by atoms with E-state index in [-0.39, 0.29) is 18.9 Å². The summed E-state index contributed by atoms with van der Waals surface area (Å²) in [5, 5.41) is 3.62. The molecule has 1 N–H and O–H groups in total. The van der Waals surface area contributed by atoms with Crippen LogP contribution < -0.4 is 19.7 Å². The maximum absolute atomic E-state index is 13.7. The Labute approximate surface area is 175 Å². The topological polar surface area (TPSA) is 55.7 Å².